The SMILES string of the molecule is O=C(NCC1CCN(Cc2cncn2Cc2ccccc2)CC1)c1ccoc1. The number of hydrogen-bond acceptors (Lipinski definition) is 4. The molecule has 2 aromatic heterocycles. The van der Waals surface area contributed by atoms with Crippen LogP contribution in [0, 0.1) is 5.92 Å². The van der Waals surface area contributed by atoms with Crippen molar-refractivity contribution < 1.29 is 9.21 Å². The number of furan rings is 1. The van der Waals surface area contributed by atoms with Crippen molar-refractivity contribution in [3.63, 3.8) is 0 Å². The molecule has 0 atom stereocenters. The second-order valence-electron chi connectivity index (χ2n) is 7.44. The van der Waals surface area contributed by atoms with Crippen molar-refractivity contribution >= 4 is 5.91 Å². The van der Waals surface area contributed by atoms with E-state index in [4.69, 9.17) is 4.42 Å². The van der Waals surface area contributed by atoms with E-state index in [9.17, 15) is 4.79 Å². The minimum atomic E-state index is -0.0546. The summed E-state index contributed by atoms with van der Waals surface area (Å²) in [6.07, 6.45) is 9.09. The third-order valence-corrected chi connectivity index (χ3v) is 5.42. The van der Waals surface area contributed by atoms with Crippen LogP contribution in [0.1, 0.15) is 34.5 Å². The molecule has 1 N–H and O–H groups in total. The molecule has 3 heterocycles. The molecule has 0 saturated carbocycles. The van der Waals surface area contributed by atoms with Gasteiger partial charge in [-0.2, -0.15) is 0 Å². The minimum Gasteiger partial charge on any atom is -0.472 e. The molecule has 1 fully saturated rings. The highest BCUT2D eigenvalue weighted by atomic mass is 16.3. The number of aromatic nitrogens is 2. The molecule has 0 aliphatic carbocycles. The van der Waals surface area contributed by atoms with E-state index < -0.39 is 0 Å². The Kier molecular flexibility index (Phi) is 5.87. The summed E-state index contributed by atoms with van der Waals surface area (Å²) >= 11 is 0. The van der Waals surface area contributed by atoms with Crippen LogP contribution in [0.4, 0.5) is 0 Å². The largest absolute Gasteiger partial charge is 0.472 e. The molecule has 1 aliphatic rings. The van der Waals surface area contributed by atoms with Crippen LogP contribution < -0.4 is 5.32 Å². The van der Waals surface area contributed by atoms with Crippen LogP contribution in [0.15, 0.2) is 65.9 Å². The van der Waals surface area contributed by atoms with Crippen LogP contribution in [0.25, 0.3) is 0 Å². The van der Waals surface area contributed by atoms with Gasteiger partial charge in [-0.05, 0) is 43.5 Å². The molecule has 4 rings (SSSR count). The number of imidazole rings is 1. The molecule has 146 valence electrons. The Morgan fingerprint density at radius 1 is 1.14 bits per heavy atom. The highest BCUT2D eigenvalue weighted by Crippen LogP contribution is 2.19. The zero-order valence-corrected chi connectivity index (χ0v) is 16.0. The monoisotopic (exact) mass is 378 g/mol. The van der Waals surface area contributed by atoms with E-state index in [1.54, 1.807) is 6.07 Å². The first kappa shape index (κ1) is 18.5. The van der Waals surface area contributed by atoms with E-state index in [2.05, 4.69) is 44.0 Å². The summed E-state index contributed by atoms with van der Waals surface area (Å²) in [5, 5.41) is 3.02. The van der Waals surface area contributed by atoms with Gasteiger partial charge < -0.3 is 14.3 Å². The smallest absolute Gasteiger partial charge is 0.254 e. The molecule has 1 aliphatic heterocycles. The molecule has 1 saturated heterocycles. The Bertz CT molecular complexity index is 865. The molecule has 3 aromatic rings. The zero-order valence-electron chi connectivity index (χ0n) is 16.0. The van der Waals surface area contributed by atoms with Gasteiger partial charge in [0.1, 0.15) is 6.26 Å². The lowest BCUT2D eigenvalue weighted by molar-refractivity contribution is 0.0934. The van der Waals surface area contributed by atoms with Crippen molar-refractivity contribution in [1.29, 1.82) is 0 Å². The van der Waals surface area contributed by atoms with Crippen molar-refractivity contribution in [2.24, 2.45) is 5.92 Å². The number of likely N-dealkylation sites (tertiary alicyclic amines) is 1. The summed E-state index contributed by atoms with van der Waals surface area (Å²) in [4.78, 5) is 18.9. The van der Waals surface area contributed by atoms with E-state index in [0.717, 1.165) is 45.6 Å². The van der Waals surface area contributed by atoms with Crippen molar-refractivity contribution in [2.75, 3.05) is 19.6 Å². The van der Waals surface area contributed by atoms with Gasteiger partial charge in [0.2, 0.25) is 0 Å². The Morgan fingerprint density at radius 3 is 2.71 bits per heavy atom. The molecule has 0 spiro atoms. The van der Waals surface area contributed by atoms with Crippen LogP contribution in [0.5, 0.6) is 0 Å². The first-order valence-electron chi connectivity index (χ1n) is 9.83. The van der Waals surface area contributed by atoms with Crippen molar-refractivity contribution in [3.8, 4) is 0 Å². The number of benzene rings is 1. The average molecular weight is 378 g/mol. The highest BCUT2D eigenvalue weighted by Gasteiger charge is 2.21. The highest BCUT2D eigenvalue weighted by molar-refractivity contribution is 5.93. The van der Waals surface area contributed by atoms with E-state index in [1.165, 1.54) is 23.8 Å². The summed E-state index contributed by atoms with van der Waals surface area (Å²) < 4.78 is 7.19. The first-order valence-corrected chi connectivity index (χ1v) is 9.83. The van der Waals surface area contributed by atoms with Crippen LogP contribution in [0.3, 0.4) is 0 Å². The zero-order chi connectivity index (χ0) is 19.2. The standard InChI is InChI=1S/C22H26N4O2/c27-22(20-8-11-28-16-20)24-12-18-6-9-25(10-7-18)15-21-13-23-17-26(21)14-19-4-2-1-3-5-19/h1-5,8,11,13,16-18H,6-7,9-10,12,14-15H2,(H,24,27). The number of carbonyl (C=O) groups excluding carboxylic acids is 1. The fourth-order valence-electron chi connectivity index (χ4n) is 3.71. The molecule has 0 unspecified atom stereocenters. The lowest BCUT2D eigenvalue weighted by atomic mass is 9.96. The van der Waals surface area contributed by atoms with Gasteiger partial charge in [0, 0.05) is 25.8 Å². The molecule has 0 radical (unpaired) electrons. The molecule has 28 heavy (non-hydrogen) atoms. The average Bonchev–Trinajstić information content (AvgIpc) is 3.41. The van der Waals surface area contributed by atoms with Crippen LogP contribution >= 0.6 is 0 Å². The van der Waals surface area contributed by atoms with E-state index in [0.29, 0.717) is 11.5 Å². The van der Waals surface area contributed by atoms with Crippen LogP contribution in [-0.2, 0) is 13.1 Å². The number of carbonyl (C=O) groups is 1. The molecular weight excluding hydrogens is 352 g/mol. The fourth-order valence-corrected chi connectivity index (χ4v) is 3.71. The quantitative estimate of drug-likeness (QED) is 0.686. The third kappa shape index (κ3) is 4.70. The van der Waals surface area contributed by atoms with Crippen LogP contribution in [-0.4, -0.2) is 40.0 Å². The molecule has 6 nitrogen and oxygen atoms in total. The van der Waals surface area contributed by atoms with Gasteiger partial charge in [0.15, 0.2) is 0 Å². The Hall–Kier alpha value is -2.86. The number of amides is 1. The fraction of sp³-hybridized carbons (Fsp3) is 0.364. The van der Waals surface area contributed by atoms with Gasteiger partial charge in [0.05, 0.1) is 23.8 Å². The maximum Gasteiger partial charge on any atom is 0.254 e. The van der Waals surface area contributed by atoms with Gasteiger partial charge in [0.25, 0.3) is 5.91 Å². The summed E-state index contributed by atoms with van der Waals surface area (Å²) in [6, 6.07) is 12.2. The van der Waals surface area contributed by atoms with E-state index in [-0.39, 0.29) is 5.91 Å². The molecule has 1 amide bonds. The number of rotatable bonds is 7. The topological polar surface area (TPSA) is 63.3 Å². The van der Waals surface area contributed by atoms with Crippen molar-refractivity contribution in [2.45, 2.75) is 25.9 Å². The van der Waals surface area contributed by atoms with Gasteiger partial charge in [-0.1, -0.05) is 30.3 Å². The van der Waals surface area contributed by atoms with Gasteiger partial charge in [-0.15, -0.1) is 0 Å². The maximum absolute atomic E-state index is 12.0. The second kappa shape index (κ2) is 8.89. The summed E-state index contributed by atoms with van der Waals surface area (Å²) in [6.45, 7) is 4.59. The van der Waals surface area contributed by atoms with Gasteiger partial charge in [-0.25, -0.2) is 4.98 Å². The summed E-state index contributed by atoms with van der Waals surface area (Å²) in [5.74, 6) is 0.474. The Labute approximate surface area is 165 Å². The van der Waals surface area contributed by atoms with Gasteiger partial charge in [-0.3, -0.25) is 9.69 Å². The van der Waals surface area contributed by atoms with Gasteiger partial charge >= 0.3 is 0 Å². The number of hydrogen-bond donors (Lipinski definition) is 1. The van der Waals surface area contributed by atoms with E-state index >= 15 is 0 Å². The molecule has 6 heteroatoms. The van der Waals surface area contributed by atoms with Crippen molar-refractivity contribution in [1.82, 2.24) is 19.8 Å². The predicted octanol–water partition coefficient (Wildman–Crippen LogP) is 3.17. The Morgan fingerprint density at radius 2 is 1.96 bits per heavy atom. The lowest BCUT2D eigenvalue weighted by Crippen LogP contribution is -2.38. The van der Waals surface area contributed by atoms with Crippen molar-refractivity contribution in [3.05, 3.63) is 78.3 Å². The number of nitrogens with one attached hydrogen (secondary N) is 1. The molecule has 0 bridgehead atoms. The van der Waals surface area contributed by atoms with E-state index in [1.807, 2.05) is 18.6 Å². The first-order chi connectivity index (χ1) is 13.8. The molecule has 1 aromatic carbocycles. The predicted molar refractivity (Wildman–Crippen MR) is 107 cm³/mol. The normalized spacial score (nSPS) is 15.6. The maximum atomic E-state index is 12.0. The molecular formula is C22H26N4O2. The second-order valence-corrected chi connectivity index (χ2v) is 7.44. The number of nitrogens with zero attached hydrogens (tertiary/aromatic N) is 3. The van der Waals surface area contributed by atoms with Crippen LogP contribution in [0.2, 0.25) is 0 Å². The lowest BCUT2D eigenvalue weighted by Gasteiger charge is -2.32. The summed E-state index contributed by atoms with van der Waals surface area (Å²) in [5.41, 5.74) is 3.12. The summed E-state index contributed by atoms with van der Waals surface area (Å²) in [7, 11) is 0. The third-order valence-electron chi connectivity index (χ3n) is 5.42. The number of piperidine rings is 1. The minimum absolute atomic E-state index is 0.0546. The Balaban J connectivity index is 1.24.